The highest BCUT2D eigenvalue weighted by molar-refractivity contribution is 6.35. The topological polar surface area (TPSA) is 51.5 Å². The zero-order chi connectivity index (χ0) is 23.4. The average Bonchev–Trinajstić information content (AvgIpc) is 2.96. The van der Waals surface area contributed by atoms with Crippen LogP contribution < -0.4 is 4.74 Å². The van der Waals surface area contributed by atoms with Gasteiger partial charge >= 0.3 is 5.97 Å². The number of allylic oxidation sites excluding steroid dienone is 3. The van der Waals surface area contributed by atoms with Crippen LogP contribution in [0.1, 0.15) is 45.4 Å². The summed E-state index contributed by atoms with van der Waals surface area (Å²) in [6.45, 7) is 14.4. The summed E-state index contributed by atoms with van der Waals surface area (Å²) in [6.07, 6.45) is 3.33. The summed E-state index contributed by atoms with van der Waals surface area (Å²) in [5.74, 6) is 0.0721. The molecule has 0 saturated heterocycles. The average molecular weight is 477 g/mol. The monoisotopic (exact) mass is 475 g/mol. The normalized spacial score (nSPS) is 10.6. The number of aryl methyl sites for hydroxylation is 1. The Labute approximate surface area is 195 Å². The minimum Gasteiger partial charge on any atom is -0.495 e. The Balaban J connectivity index is 0.000000634. The predicted octanol–water partition coefficient (Wildman–Crippen LogP) is 7.60. The molecule has 168 valence electrons. The van der Waals surface area contributed by atoms with E-state index >= 15 is 0 Å². The molecule has 0 amide bonds. The Morgan fingerprint density at radius 1 is 1.33 bits per heavy atom. The van der Waals surface area contributed by atoms with Crippen molar-refractivity contribution >= 4 is 51.7 Å². The van der Waals surface area contributed by atoms with E-state index < -0.39 is 5.97 Å². The molecule has 1 heterocycles. The minimum absolute atomic E-state index is 0.000119. The van der Waals surface area contributed by atoms with Gasteiger partial charge in [-0.15, -0.1) is 11.6 Å². The van der Waals surface area contributed by atoms with Crippen molar-refractivity contribution in [3.8, 4) is 5.75 Å². The highest BCUT2D eigenvalue weighted by Crippen LogP contribution is 2.34. The fraction of sp³-hybridized carbons (Fsp3) is 0.435. The van der Waals surface area contributed by atoms with Gasteiger partial charge in [-0.1, -0.05) is 48.4 Å². The Kier molecular flexibility index (Phi) is 13.6. The molecule has 0 fully saturated rings. The lowest BCUT2D eigenvalue weighted by atomic mass is 10.1. The summed E-state index contributed by atoms with van der Waals surface area (Å²) in [7, 11) is 1.55. The van der Waals surface area contributed by atoms with Gasteiger partial charge in [-0.05, 0) is 51.8 Å². The van der Waals surface area contributed by atoms with Crippen molar-refractivity contribution in [1.82, 2.24) is 4.57 Å². The first kappa shape index (κ1) is 28.4. The third-order valence-corrected chi connectivity index (χ3v) is 5.46. The highest BCUT2D eigenvalue weighted by atomic mass is 35.5. The molecule has 0 spiro atoms. The van der Waals surface area contributed by atoms with E-state index in [1.807, 2.05) is 26.0 Å². The van der Waals surface area contributed by atoms with Crippen molar-refractivity contribution in [2.24, 2.45) is 0 Å². The molecule has 0 aliphatic carbocycles. The molecule has 30 heavy (non-hydrogen) atoms. The van der Waals surface area contributed by atoms with Gasteiger partial charge in [0.2, 0.25) is 0 Å². The van der Waals surface area contributed by atoms with Crippen molar-refractivity contribution in [1.29, 1.82) is 0 Å². The number of methoxy groups -OCH3 is 1. The first-order valence-electron chi connectivity index (χ1n) is 9.65. The number of carbonyl (C=O) groups is 1. The number of ether oxygens (including phenoxy) is 1. The number of hydrogen-bond acceptors (Lipinski definition) is 2. The van der Waals surface area contributed by atoms with Gasteiger partial charge in [0.1, 0.15) is 5.75 Å². The highest BCUT2D eigenvalue weighted by Gasteiger charge is 2.17. The minimum atomic E-state index is -0.841. The number of halogens is 3. The molecule has 0 aliphatic heterocycles. The molecular formula is C23H32Cl3NO3. The molecule has 1 aromatic carbocycles. The molecule has 7 heteroatoms. The van der Waals surface area contributed by atoms with Gasteiger partial charge in [0.25, 0.3) is 0 Å². The van der Waals surface area contributed by atoms with Crippen LogP contribution in [0.4, 0.5) is 0 Å². The van der Waals surface area contributed by atoms with Crippen LogP contribution in [0, 0.1) is 6.92 Å². The van der Waals surface area contributed by atoms with Crippen LogP contribution in [-0.4, -0.2) is 28.6 Å². The number of alkyl halides is 1. The molecule has 2 aromatic rings. The van der Waals surface area contributed by atoms with Crippen molar-refractivity contribution in [3.05, 3.63) is 51.7 Å². The Morgan fingerprint density at radius 2 is 1.90 bits per heavy atom. The van der Waals surface area contributed by atoms with Crippen LogP contribution in [0.3, 0.4) is 0 Å². The second-order valence-electron chi connectivity index (χ2n) is 6.52. The summed E-state index contributed by atoms with van der Waals surface area (Å²) < 4.78 is 7.28. The molecule has 4 nitrogen and oxygen atoms in total. The van der Waals surface area contributed by atoms with Gasteiger partial charge in [0.05, 0.1) is 29.9 Å². The molecule has 1 aromatic heterocycles. The lowest BCUT2D eigenvalue weighted by molar-refractivity contribution is -0.136. The molecule has 0 unspecified atom stereocenters. The molecular weight excluding hydrogens is 445 g/mol. The van der Waals surface area contributed by atoms with Crippen LogP contribution in [0.5, 0.6) is 5.75 Å². The number of benzene rings is 1. The van der Waals surface area contributed by atoms with E-state index in [4.69, 9.17) is 44.6 Å². The molecule has 0 aliphatic rings. The van der Waals surface area contributed by atoms with Crippen molar-refractivity contribution in [2.45, 2.75) is 54.0 Å². The number of hydrogen-bond donors (Lipinski definition) is 1. The fourth-order valence-corrected chi connectivity index (χ4v) is 2.92. The quantitative estimate of drug-likeness (QED) is 0.345. The lowest BCUT2D eigenvalue weighted by Crippen LogP contribution is -2.03. The van der Waals surface area contributed by atoms with E-state index in [2.05, 4.69) is 38.0 Å². The SMILES string of the molecule is C/C=C(/C)CC.C=C(Cl)CCl.CCn1c(C)c(CC(=O)O)c2cc(OC)c(Cl)cc21. The maximum absolute atomic E-state index is 11.0. The van der Waals surface area contributed by atoms with Crippen LogP contribution in [0.2, 0.25) is 5.02 Å². The van der Waals surface area contributed by atoms with Gasteiger partial charge < -0.3 is 14.4 Å². The number of aromatic nitrogens is 1. The first-order chi connectivity index (χ1) is 14.1. The second kappa shape index (κ2) is 14.4. The number of fused-ring (bicyclic) bond motifs is 1. The number of carboxylic acids is 1. The van der Waals surface area contributed by atoms with Crippen LogP contribution >= 0.6 is 34.8 Å². The van der Waals surface area contributed by atoms with Gasteiger partial charge in [-0.2, -0.15) is 0 Å². The maximum Gasteiger partial charge on any atom is 0.307 e. The van der Waals surface area contributed by atoms with Crippen molar-refractivity contribution < 1.29 is 14.6 Å². The third kappa shape index (κ3) is 8.63. The zero-order valence-corrected chi connectivity index (χ0v) is 20.9. The standard InChI is InChI=1S/C14H16ClNO3.C6H12.C3H4Cl2/c1-4-16-8(2)9(6-14(17)18)10-5-13(19-3)11(15)7-12(10)16;1-4-6(3)5-2;1-3(5)2-4/h5,7H,4,6H2,1-3H3,(H,17,18);4H,5H2,1-3H3;1-2H2/b;6-4-;. The van der Waals surface area contributed by atoms with Gasteiger partial charge in [0, 0.05) is 22.7 Å². The second-order valence-corrected chi connectivity index (χ2v) is 7.73. The third-order valence-electron chi connectivity index (χ3n) is 4.57. The Hall–Kier alpha value is -1.62. The first-order valence-corrected chi connectivity index (χ1v) is 10.9. The summed E-state index contributed by atoms with van der Waals surface area (Å²) >= 11 is 16.4. The largest absolute Gasteiger partial charge is 0.495 e. The fourth-order valence-electron chi connectivity index (χ4n) is 2.69. The Morgan fingerprint density at radius 3 is 2.23 bits per heavy atom. The van der Waals surface area contributed by atoms with E-state index in [-0.39, 0.29) is 6.42 Å². The number of carboxylic acid groups (broad SMARTS) is 1. The number of nitrogens with zero attached hydrogens (tertiary/aromatic N) is 1. The maximum atomic E-state index is 11.0. The van der Waals surface area contributed by atoms with Crippen molar-refractivity contribution in [2.75, 3.05) is 13.0 Å². The predicted molar refractivity (Wildman–Crippen MR) is 131 cm³/mol. The zero-order valence-electron chi connectivity index (χ0n) is 18.6. The molecule has 0 saturated carbocycles. The Bertz CT molecular complexity index is 886. The van der Waals surface area contributed by atoms with Crippen molar-refractivity contribution in [3.63, 3.8) is 0 Å². The molecule has 1 N–H and O–H groups in total. The van der Waals surface area contributed by atoms with E-state index in [0.29, 0.717) is 21.7 Å². The van der Waals surface area contributed by atoms with E-state index in [1.165, 1.54) is 12.0 Å². The van der Waals surface area contributed by atoms with E-state index in [1.54, 1.807) is 7.11 Å². The summed E-state index contributed by atoms with van der Waals surface area (Å²) in [4.78, 5) is 11.0. The summed E-state index contributed by atoms with van der Waals surface area (Å²) in [5.41, 5.74) is 4.19. The molecule has 0 atom stereocenters. The van der Waals surface area contributed by atoms with Crippen LogP contribution in [-0.2, 0) is 17.8 Å². The van der Waals surface area contributed by atoms with Crippen LogP contribution in [0.25, 0.3) is 10.9 Å². The lowest BCUT2D eigenvalue weighted by Gasteiger charge is -2.06. The van der Waals surface area contributed by atoms with Crippen LogP contribution in [0.15, 0.2) is 35.4 Å². The summed E-state index contributed by atoms with van der Waals surface area (Å²) in [6, 6.07) is 3.65. The molecule has 2 rings (SSSR count). The number of rotatable bonds is 6. The van der Waals surface area contributed by atoms with Gasteiger partial charge in [-0.25, -0.2) is 0 Å². The number of aliphatic carboxylic acids is 1. The molecule has 0 radical (unpaired) electrons. The smallest absolute Gasteiger partial charge is 0.307 e. The van der Waals surface area contributed by atoms with Gasteiger partial charge in [0.15, 0.2) is 0 Å². The summed E-state index contributed by atoms with van der Waals surface area (Å²) in [5, 5.41) is 11.0. The molecule has 0 bridgehead atoms. The van der Waals surface area contributed by atoms with E-state index in [9.17, 15) is 4.79 Å². The van der Waals surface area contributed by atoms with E-state index in [0.717, 1.165) is 28.7 Å². The van der Waals surface area contributed by atoms with Gasteiger partial charge in [-0.3, -0.25) is 4.79 Å².